The maximum absolute atomic E-state index is 12.6. The number of quaternary nitrogens is 1. The fourth-order valence-corrected chi connectivity index (χ4v) is 5.46. The Kier molecular flexibility index (Phi) is 6.26. The second-order valence-electron chi connectivity index (χ2n) is 7.44. The normalized spacial score (nSPS) is 32.6. The van der Waals surface area contributed by atoms with Gasteiger partial charge < -0.3 is 18.6 Å². The summed E-state index contributed by atoms with van der Waals surface area (Å²) in [6, 6.07) is 1.57. The fraction of sp³-hybridized carbons (Fsp3) is 0.714. The molecule has 1 aromatic heterocycles. The van der Waals surface area contributed by atoms with Crippen LogP contribution in [0.5, 0.6) is 0 Å². The van der Waals surface area contributed by atoms with E-state index in [4.69, 9.17) is 18.3 Å². The van der Waals surface area contributed by atoms with Gasteiger partial charge in [0.2, 0.25) is 0 Å². The summed E-state index contributed by atoms with van der Waals surface area (Å²) in [4.78, 5) is 27.4. The lowest BCUT2D eigenvalue weighted by Gasteiger charge is -2.33. The molecule has 2 fully saturated rings. The van der Waals surface area contributed by atoms with Crippen molar-refractivity contribution in [3.63, 3.8) is 0 Å². The Morgan fingerprint density at radius 2 is 2.18 bits per heavy atom. The number of phosphoric ester groups is 2. The minimum absolute atomic E-state index is 0.147. The summed E-state index contributed by atoms with van der Waals surface area (Å²) >= 11 is 0. The molecule has 0 aromatic carbocycles. The Balaban J connectivity index is 1.60. The minimum atomic E-state index is -4.91. The number of aromatic nitrogens is 2. The van der Waals surface area contributed by atoms with Gasteiger partial charge in [0, 0.05) is 18.8 Å². The Labute approximate surface area is 161 Å². The van der Waals surface area contributed by atoms with Crippen LogP contribution in [0.15, 0.2) is 23.3 Å². The van der Waals surface area contributed by atoms with Gasteiger partial charge in [-0.25, -0.2) is 18.7 Å². The van der Waals surface area contributed by atoms with E-state index in [-0.39, 0.29) is 19.6 Å². The van der Waals surface area contributed by atoms with E-state index in [0.717, 1.165) is 0 Å². The Morgan fingerprint density at radius 3 is 2.86 bits per heavy atom. The standard InChI is InChI=1S/C14H23N3O9P2/c1-17(2,3)7-8-22-27(19,20)26-28(21)23-10-12-11(25-28)9-13(24-12)16-6-4-5-15-14(16)18/h4-6,11-13H,7-10H2,1-3H3/t11-,12+,13+,28?/m0/s1. The zero-order valence-electron chi connectivity index (χ0n) is 15.7. The number of phosphoric acid groups is 2. The van der Waals surface area contributed by atoms with Gasteiger partial charge in [-0.05, 0) is 6.07 Å². The number of fused-ring (bicyclic) bond motifs is 1. The third-order valence-electron chi connectivity index (χ3n) is 4.10. The number of likely N-dealkylation sites (N-methyl/N-ethyl adjacent to an activating group) is 1. The second kappa shape index (κ2) is 8.06. The molecule has 5 atom stereocenters. The van der Waals surface area contributed by atoms with Crippen LogP contribution >= 0.6 is 15.6 Å². The van der Waals surface area contributed by atoms with E-state index >= 15 is 0 Å². The number of ether oxygens (including phenoxy) is 1. The predicted octanol–water partition coefficient (Wildman–Crippen LogP) is 0.262. The molecule has 0 amide bonds. The van der Waals surface area contributed by atoms with Crippen molar-refractivity contribution in [3.05, 3.63) is 28.9 Å². The molecule has 0 aliphatic carbocycles. The zero-order chi connectivity index (χ0) is 20.6. The molecule has 0 saturated carbocycles. The average Bonchev–Trinajstić information content (AvgIpc) is 2.95. The molecular weight excluding hydrogens is 416 g/mol. The third-order valence-corrected chi connectivity index (χ3v) is 7.20. The summed E-state index contributed by atoms with van der Waals surface area (Å²) in [5.74, 6) is 0. The smallest absolute Gasteiger partial charge is 0.481 e. The molecule has 158 valence electrons. The van der Waals surface area contributed by atoms with Crippen LogP contribution in [0.25, 0.3) is 0 Å². The molecular formula is C14H23N3O9P2. The van der Waals surface area contributed by atoms with Gasteiger partial charge in [0.15, 0.2) is 0 Å². The van der Waals surface area contributed by atoms with Crippen molar-refractivity contribution in [3.8, 4) is 0 Å². The SMILES string of the molecule is C[N+](C)(C)CCOP(=O)([O-])OP1(=O)OC[C@H]2O[C@@H](n3cccnc3=O)C[C@@H]2O1. The molecule has 0 radical (unpaired) electrons. The summed E-state index contributed by atoms with van der Waals surface area (Å²) in [7, 11) is -3.73. The molecule has 2 aliphatic heterocycles. The molecule has 3 heterocycles. The highest BCUT2D eigenvalue weighted by Crippen LogP contribution is 2.65. The number of rotatable bonds is 7. The molecule has 14 heteroatoms. The van der Waals surface area contributed by atoms with Gasteiger partial charge in [-0.2, -0.15) is 0 Å². The fourth-order valence-electron chi connectivity index (χ4n) is 2.70. The first-order valence-electron chi connectivity index (χ1n) is 8.55. The average molecular weight is 439 g/mol. The van der Waals surface area contributed by atoms with E-state index in [1.165, 1.54) is 17.0 Å². The van der Waals surface area contributed by atoms with E-state index in [0.29, 0.717) is 11.0 Å². The topological polar surface area (TPSA) is 138 Å². The highest BCUT2D eigenvalue weighted by molar-refractivity contribution is 7.61. The quantitative estimate of drug-likeness (QED) is 0.430. The largest absolute Gasteiger partial charge is 0.756 e. The lowest BCUT2D eigenvalue weighted by Crippen LogP contribution is -2.37. The predicted molar refractivity (Wildman–Crippen MR) is 93.0 cm³/mol. The number of hydrogen-bond acceptors (Lipinski definition) is 10. The van der Waals surface area contributed by atoms with Crippen molar-refractivity contribution < 1.29 is 41.1 Å². The van der Waals surface area contributed by atoms with Crippen molar-refractivity contribution in [1.29, 1.82) is 0 Å². The summed E-state index contributed by atoms with van der Waals surface area (Å²) < 4.78 is 51.6. The van der Waals surface area contributed by atoms with E-state index in [9.17, 15) is 18.8 Å². The molecule has 2 saturated heterocycles. The molecule has 0 bridgehead atoms. The van der Waals surface area contributed by atoms with Crippen LogP contribution in [0.3, 0.4) is 0 Å². The maximum Gasteiger partial charge on any atom is 0.481 e. The van der Waals surface area contributed by atoms with E-state index in [2.05, 4.69) is 9.29 Å². The van der Waals surface area contributed by atoms with Crippen molar-refractivity contribution in [2.45, 2.75) is 24.9 Å². The highest BCUT2D eigenvalue weighted by atomic mass is 31.3. The summed E-state index contributed by atoms with van der Waals surface area (Å²) in [6.07, 6.45) is 0.898. The molecule has 3 rings (SSSR count). The first kappa shape index (κ1) is 21.8. The molecule has 2 aliphatic rings. The summed E-state index contributed by atoms with van der Waals surface area (Å²) in [5, 5.41) is 0. The van der Waals surface area contributed by atoms with Gasteiger partial charge in [-0.3, -0.25) is 18.2 Å². The van der Waals surface area contributed by atoms with Crippen LogP contribution in [0.2, 0.25) is 0 Å². The maximum atomic E-state index is 12.6. The van der Waals surface area contributed by atoms with Gasteiger partial charge in [-0.15, -0.1) is 0 Å². The van der Waals surface area contributed by atoms with Crippen LogP contribution in [0, 0.1) is 0 Å². The van der Waals surface area contributed by atoms with Gasteiger partial charge in [0.25, 0.3) is 7.82 Å². The molecule has 1 aromatic rings. The second-order valence-corrected chi connectivity index (χ2v) is 10.6. The van der Waals surface area contributed by atoms with Crippen LogP contribution in [-0.4, -0.2) is 67.1 Å². The van der Waals surface area contributed by atoms with Gasteiger partial charge in [0.1, 0.15) is 31.6 Å². The first-order valence-corrected chi connectivity index (χ1v) is 11.5. The lowest BCUT2D eigenvalue weighted by molar-refractivity contribution is -0.870. The van der Waals surface area contributed by atoms with Gasteiger partial charge in [0.05, 0.1) is 27.7 Å². The van der Waals surface area contributed by atoms with Crippen LogP contribution in [0.4, 0.5) is 0 Å². The van der Waals surface area contributed by atoms with Crippen LogP contribution < -0.4 is 10.6 Å². The van der Waals surface area contributed by atoms with Crippen LogP contribution in [-0.2, 0) is 31.7 Å². The van der Waals surface area contributed by atoms with Crippen molar-refractivity contribution >= 4 is 15.6 Å². The summed E-state index contributed by atoms with van der Waals surface area (Å²) in [6.45, 7) is 0.0272. The van der Waals surface area contributed by atoms with Gasteiger partial charge in [-0.1, -0.05) is 0 Å². The monoisotopic (exact) mass is 439 g/mol. The Bertz CT molecular complexity index is 855. The van der Waals surface area contributed by atoms with E-state index in [1.807, 2.05) is 21.1 Å². The molecule has 28 heavy (non-hydrogen) atoms. The van der Waals surface area contributed by atoms with Crippen molar-refractivity contribution in [2.24, 2.45) is 0 Å². The van der Waals surface area contributed by atoms with Crippen LogP contribution in [0.1, 0.15) is 12.6 Å². The lowest BCUT2D eigenvalue weighted by atomic mass is 10.2. The molecule has 12 nitrogen and oxygen atoms in total. The zero-order valence-corrected chi connectivity index (χ0v) is 17.5. The third kappa shape index (κ3) is 5.56. The first-order chi connectivity index (χ1) is 13.0. The van der Waals surface area contributed by atoms with Gasteiger partial charge >= 0.3 is 13.5 Å². The van der Waals surface area contributed by atoms with E-state index < -0.39 is 39.8 Å². The molecule has 0 N–H and O–H groups in total. The van der Waals surface area contributed by atoms with Crippen molar-refractivity contribution in [1.82, 2.24) is 9.55 Å². The highest BCUT2D eigenvalue weighted by Gasteiger charge is 2.49. The van der Waals surface area contributed by atoms with E-state index in [1.54, 1.807) is 6.07 Å². The number of hydrogen-bond donors (Lipinski definition) is 0. The molecule has 2 unspecified atom stereocenters. The minimum Gasteiger partial charge on any atom is -0.756 e. The Hall–Kier alpha value is -0.940. The van der Waals surface area contributed by atoms with Crippen molar-refractivity contribution in [2.75, 3.05) is 40.9 Å². The summed E-state index contributed by atoms with van der Waals surface area (Å²) in [5.41, 5.74) is -0.513. The Morgan fingerprint density at radius 1 is 1.43 bits per heavy atom. The number of nitrogens with zero attached hydrogens (tertiary/aromatic N) is 3. The molecule has 0 spiro atoms.